The lowest BCUT2D eigenvalue weighted by Gasteiger charge is -2.14. The number of benzene rings is 3. The average molecular weight is 493 g/mol. The van der Waals surface area contributed by atoms with Crippen LogP contribution in [-0.4, -0.2) is 23.2 Å². The summed E-state index contributed by atoms with van der Waals surface area (Å²) in [5.41, 5.74) is 5.70. The average Bonchev–Trinajstić information content (AvgIpc) is 3.19. The van der Waals surface area contributed by atoms with E-state index in [0.717, 1.165) is 33.7 Å². The maximum atomic E-state index is 13.2. The molecule has 0 amide bonds. The molecule has 0 fully saturated rings. The molecule has 0 spiro atoms. The maximum Gasteiger partial charge on any atom is 0.241 e. The second-order valence-electron chi connectivity index (χ2n) is 8.40. The lowest BCUT2D eigenvalue weighted by molar-refractivity contribution is 0.577. The highest BCUT2D eigenvalue weighted by Gasteiger charge is 2.22. The van der Waals surface area contributed by atoms with E-state index in [2.05, 4.69) is 27.1 Å². The van der Waals surface area contributed by atoms with Gasteiger partial charge in [0.15, 0.2) is 11.0 Å². The smallest absolute Gasteiger partial charge is 0.241 e. The lowest BCUT2D eigenvalue weighted by atomic mass is 10.1. The monoisotopic (exact) mass is 492 g/mol. The van der Waals surface area contributed by atoms with Crippen LogP contribution in [0.2, 0.25) is 0 Å². The number of aryl methyl sites for hydroxylation is 4. The Balaban J connectivity index is 1.64. The van der Waals surface area contributed by atoms with Crippen LogP contribution in [0.3, 0.4) is 0 Å². The minimum Gasteiger partial charge on any atom is -0.273 e. The molecule has 176 valence electrons. The fraction of sp³-hybridized carbons (Fsp3) is 0.231. The van der Waals surface area contributed by atoms with Gasteiger partial charge in [0, 0.05) is 11.4 Å². The van der Waals surface area contributed by atoms with Crippen molar-refractivity contribution >= 4 is 21.8 Å². The van der Waals surface area contributed by atoms with Crippen molar-refractivity contribution in [1.82, 2.24) is 19.5 Å². The van der Waals surface area contributed by atoms with Crippen molar-refractivity contribution in [3.05, 3.63) is 100 Å². The van der Waals surface area contributed by atoms with E-state index in [1.54, 1.807) is 11.8 Å². The molecule has 0 aliphatic rings. The van der Waals surface area contributed by atoms with Crippen LogP contribution in [0, 0.1) is 27.7 Å². The van der Waals surface area contributed by atoms with E-state index in [1.165, 1.54) is 5.56 Å². The molecule has 0 bridgehead atoms. The van der Waals surface area contributed by atoms with E-state index in [4.69, 9.17) is 0 Å². The first kappa shape index (κ1) is 24.2. The number of aromatic nitrogens is 3. The Morgan fingerprint density at radius 2 is 1.50 bits per heavy atom. The van der Waals surface area contributed by atoms with Gasteiger partial charge in [-0.1, -0.05) is 77.5 Å². The topological polar surface area (TPSA) is 76.9 Å². The Morgan fingerprint density at radius 3 is 2.15 bits per heavy atom. The third-order valence-electron chi connectivity index (χ3n) is 5.50. The normalized spacial score (nSPS) is 11.6. The van der Waals surface area contributed by atoms with E-state index in [9.17, 15) is 8.42 Å². The molecule has 34 heavy (non-hydrogen) atoms. The molecule has 4 aromatic rings. The van der Waals surface area contributed by atoms with E-state index in [-0.39, 0.29) is 6.54 Å². The molecule has 3 aromatic carbocycles. The van der Waals surface area contributed by atoms with Gasteiger partial charge in [-0.2, -0.15) is 0 Å². The van der Waals surface area contributed by atoms with Crippen molar-refractivity contribution in [3.63, 3.8) is 0 Å². The van der Waals surface area contributed by atoms with Gasteiger partial charge in [0.1, 0.15) is 0 Å². The summed E-state index contributed by atoms with van der Waals surface area (Å²) in [6, 6.07) is 22.0. The Hall–Kier alpha value is -2.94. The first-order chi connectivity index (χ1) is 16.2. The fourth-order valence-corrected chi connectivity index (χ4v) is 6.36. The quantitative estimate of drug-likeness (QED) is 0.339. The van der Waals surface area contributed by atoms with Gasteiger partial charge in [-0.15, -0.1) is 10.2 Å². The lowest BCUT2D eigenvalue weighted by Crippen LogP contribution is -2.26. The molecule has 8 heteroatoms. The Bertz CT molecular complexity index is 1370. The summed E-state index contributed by atoms with van der Waals surface area (Å²) < 4.78 is 31.1. The molecule has 0 aliphatic heterocycles. The van der Waals surface area contributed by atoms with Crippen molar-refractivity contribution in [1.29, 1.82) is 0 Å². The largest absolute Gasteiger partial charge is 0.273 e. The van der Waals surface area contributed by atoms with Gasteiger partial charge in [-0.3, -0.25) is 4.57 Å². The number of hydrogen-bond donors (Lipinski definition) is 1. The molecule has 6 nitrogen and oxygen atoms in total. The van der Waals surface area contributed by atoms with Crippen LogP contribution >= 0.6 is 11.8 Å². The highest BCUT2D eigenvalue weighted by molar-refractivity contribution is 7.98. The first-order valence-electron chi connectivity index (χ1n) is 11.0. The summed E-state index contributed by atoms with van der Waals surface area (Å²) in [5.74, 6) is 1.27. The highest BCUT2D eigenvalue weighted by atomic mass is 32.2. The summed E-state index contributed by atoms with van der Waals surface area (Å²) >= 11 is 1.57. The second-order valence-corrected chi connectivity index (χ2v) is 11.0. The molecule has 0 unspecified atom stereocenters. The maximum absolute atomic E-state index is 13.2. The third-order valence-corrected chi connectivity index (χ3v) is 8.20. The summed E-state index contributed by atoms with van der Waals surface area (Å²) in [6.07, 6.45) is 0. The third kappa shape index (κ3) is 5.41. The van der Waals surface area contributed by atoms with E-state index >= 15 is 0 Å². The summed E-state index contributed by atoms with van der Waals surface area (Å²) in [7, 11) is -3.73. The molecule has 0 saturated heterocycles. The minimum absolute atomic E-state index is 0.0296. The van der Waals surface area contributed by atoms with Crippen LogP contribution in [0.15, 0.2) is 76.8 Å². The molecular weight excluding hydrogens is 464 g/mol. The molecule has 1 aromatic heterocycles. The van der Waals surface area contributed by atoms with Crippen LogP contribution in [0.5, 0.6) is 0 Å². The predicted molar refractivity (Wildman–Crippen MR) is 137 cm³/mol. The summed E-state index contributed by atoms with van der Waals surface area (Å²) in [6.45, 7) is 7.66. The van der Waals surface area contributed by atoms with Crippen molar-refractivity contribution in [2.45, 2.75) is 50.0 Å². The van der Waals surface area contributed by atoms with Crippen LogP contribution in [-0.2, 0) is 22.3 Å². The number of rotatable bonds is 8. The van der Waals surface area contributed by atoms with Crippen LogP contribution in [0.25, 0.3) is 5.69 Å². The van der Waals surface area contributed by atoms with Gasteiger partial charge in [-0.25, -0.2) is 13.1 Å². The zero-order valence-corrected chi connectivity index (χ0v) is 21.4. The SMILES string of the molecule is Cc1ccc(-n2c(CNS(=O)(=O)c3c(C)cc(C)cc3C)nnc2SCc2ccccc2)cc1. The van der Waals surface area contributed by atoms with Gasteiger partial charge in [-0.05, 0) is 56.5 Å². The van der Waals surface area contributed by atoms with E-state index in [0.29, 0.717) is 15.9 Å². The molecule has 1 N–H and O–H groups in total. The van der Waals surface area contributed by atoms with Crippen molar-refractivity contribution in [3.8, 4) is 5.69 Å². The first-order valence-corrected chi connectivity index (χ1v) is 13.5. The van der Waals surface area contributed by atoms with Gasteiger partial charge >= 0.3 is 0 Å². The molecule has 0 atom stereocenters. The van der Waals surface area contributed by atoms with Gasteiger partial charge in [0.25, 0.3) is 0 Å². The number of hydrogen-bond acceptors (Lipinski definition) is 5. The summed E-state index contributed by atoms with van der Waals surface area (Å²) in [5, 5.41) is 9.45. The van der Waals surface area contributed by atoms with Gasteiger partial charge in [0.2, 0.25) is 10.0 Å². The molecule has 0 aliphatic carbocycles. The molecular formula is C26H28N4O2S2. The number of sulfonamides is 1. The number of nitrogens with one attached hydrogen (secondary N) is 1. The van der Waals surface area contributed by atoms with Crippen LogP contribution in [0.4, 0.5) is 0 Å². The zero-order chi connectivity index (χ0) is 24.3. The predicted octanol–water partition coefficient (Wildman–Crippen LogP) is 5.27. The Kier molecular flexibility index (Phi) is 7.21. The molecule has 4 rings (SSSR count). The van der Waals surface area contributed by atoms with E-state index in [1.807, 2.05) is 86.9 Å². The van der Waals surface area contributed by atoms with Crippen LogP contribution in [0.1, 0.15) is 33.6 Å². The van der Waals surface area contributed by atoms with Gasteiger partial charge < -0.3 is 0 Å². The second kappa shape index (κ2) is 10.1. The van der Waals surface area contributed by atoms with Crippen LogP contribution < -0.4 is 4.72 Å². The van der Waals surface area contributed by atoms with Crippen molar-refractivity contribution < 1.29 is 8.42 Å². The molecule has 0 radical (unpaired) electrons. The molecule has 0 saturated carbocycles. The van der Waals surface area contributed by atoms with Crippen molar-refractivity contribution in [2.24, 2.45) is 0 Å². The summed E-state index contributed by atoms with van der Waals surface area (Å²) in [4.78, 5) is 0.318. The zero-order valence-electron chi connectivity index (χ0n) is 19.7. The molecule has 1 heterocycles. The van der Waals surface area contributed by atoms with E-state index < -0.39 is 10.0 Å². The van der Waals surface area contributed by atoms with Crippen molar-refractivity contribution in [2.75, 3.05) is 0 Å². The minimum atomic E-state index is -3.73. The highest BCUT2D eigenvalue weighted by Crippen LogP contribution is 2.26. The Labute approximate surface area is 205 Å². The standard InChI is InChI=1S/C26H28N4O2S2/c1-18-10-12-23(13-11-18)30-24(28-29-26(30)33-17-22-8-6-5-7-9-22)16-27-34(31,32)25-20(3)14-19(2)15-21(25)4/h5-15,27H,16-17H2,1-4H3. The fourth-order valence-electron chi connectivity index (χ4n) is 4.01. The number of nitrogens with zero attached hydrogens (tertiary/aromatic N) is 3. The van der Waals surface area contributed by atoms with Gasteiger partial charge in [0.05, 0.1) is 11.4 Å². The number of thioether (sulfide) groups is 1. The Morgan fingerprint density at radius 1 is 0.853 bits per heavy atom.